The van der Waals surface area contributed by atoms with Crippen LogP contribution in [0.5, 0.6) is 0 Å². The number of unbranched alkanes of at least 4 members (excludes halogenated alkanes) is 23. The molecule has 4 nitrogen and oxygen atoms in total. The van der Waals surface area contributed by atoms with Gasteiger partial charge in [-0.1, -0.05) is 187 Å². The lowest BCUT2D eigenvalue weighted by Crippen LogP contribution is -2.55. The molecule has 1 saturated carbocycles. The van der Waals surface area contributed by atoms with Gasteiger partial charge in [0.1, 0.15) is 0 Å². The molecular formula is C37H70O4. The summed E-state index contributed by atoms with van der Waals surface area (Å²) >= 11 is 0. The fourth-order valence-corrected chi connectivity index (χ4v) is 7.68. The Hall–Kier alpha value is -1.06. The number of carboxylic acid groups (broad SMARTS) is 2. The molecule has 242 valence electrons. The van der Waals surface area contributed by atoms with Crippen LogP contribution in [0.4, 0.5) is 0 Å². The van der Waals surface area contributed by atoms with Gasteiger partial charge in [-0.25, -0.2) is 0 Å². The first-order chi connectivity index (χ1) is 20.0. The van der Waals surface area contributed by atoms with Crippen molar-refractivity contribution in [3.63, 3.8) is 0 Å². The SMILES string of the molecule is CCCCCCCCCCCCCCCCCCC1(CCCCCCCCCCC)CCCCC1(C(=O)O)C(=O)O. The third-order valence-corrected chi connectivity index (χ3v) is 10.4. The molecule has 41 heavy (non-hydrogen) atoms. The zero-order chi connectivity index (χ0) is 30.1. The monoisotopic (exact) mass is 579 g/mol. The summed E-state index contributed by atoms with van der Waals surface area (Å²) < 4.78 is 0. The van der Waals surface area contributed by atoms with Crippen LogP contribution in [0.1, 0.15) is 213 Å². The molecule has 0 aromatic carbocycles. The highest BCUT2D eigenvalue weighted by Crippen LogP contribution is 2.57. The smallest absolute Gasteiger partial charge is 0.321 e. The van der Waals surface area contributed by atoms with Gasteiger partial charge in [0.15, 0.2) is 5.41 Å². The van der Waals surface area contributed by atoms with Crippen molar-refractivity contribution in [1.29, 1.82) is 0 Å². The fourth-order valence-electron chi connectivity index (χ4n) is 7.68. The topological polar surface area (TPSA) is 74.6 Å². The third-order valence-electron chi connectivity index (χ3n) is 10.4. The highest BCUT2D eigenvalue weighted by Gasteiger charge is 2.62. The first-order valence-corrected chi connectivity index (χ1v) is 18.4. The van der Waals surface area contributed by atoms with Crippen LogP contribution in [0.2, 0.25) is 0 Å². The van der Waals surface area contributed by atoms with Crippen molar-refractivity contribution < 1.29 is 19.8 Å². The Kier molecular flexibility index (Phi) is 22.6. The lowest BCUT2D eigenvalue weighted by Gasteiger charge is -2.49. The van der Waals surface area contributed by atoms with Crippen LogP contribution >= 0.6 is 0 Å². The second-order valence-corrected chi connectivity index (χ2v) is 13.6. The van der Waals surface area contributed by atoms with Crippen molar-refractivity contribution >= 4 is 11.9 Å². The Labute approximate surface area is 255 Å². The molecule has 1 aliphatic carbocycles. The van der Waals surface area contributed by atoms with E-state index in [0.29, 0.717) is 6.42 Å². The maximum atomic E-state index is 12.6. The van der Waals surface area contributed by atoms with Crippen molar-refractivity contribution in [2.75, 3.05) is 0 Å². The standard InChI is InChI=1S/C37H70O4/c1-3-5-7-9-11-13-14-15-16-17-18-19-21-23-25-27-31-36(30-26-24-22-20-12-10-8-6-4-2)32-28-29-33-37(36,34(38)39)35(40)41/h3-33H2,1-2H3,(H,38,39)(H,40,41). The molecule has 0 aromatic rings. The quantitative estimate of drug-likeness (QED) is 0.0683. The van der Waals surface area contributed by atoms with Gasteiger partial charge in [-0.15, -0.1) is 0 Å². The predicted octanol–water partition coefficient (Wildman–Crippen LogP) is 12.3. The van der Waals surface area contributed by atoms with E-state index in [-0.39, 0.29) is 0 Å². The molecule has 0 radical (unpaired) electrons. The summed E-state index contributed by atoms with van der Waals surface area (Å²) in [5, 5.41) is 20.6. The first kappa shape index (κ1) is 38.0. The molecule has 4 heteroatoms. The summed E-state index contributed by atoms with van der Waals surface area (Å²) in [7, 11) is 0. The molecule has 0 aromatic heterocycles. The molecule has 1 rings (SSSR count). The van der Waals surface area contributed by atoms with Crippen LogP contribution in [0, 0.1) is 10.8 Å². The van der Waals surface area contributed by atoms with Crippen LogP contribution in [0.25, 0.3) is 0 Å². The highest BCUT2D eigenvalue weighted by molar-refractivity contribution is 5.99. The van der Waals surface area contributed by atoms with Crippen LogP contribution in [0.3, 0.4) is 0 Å². The zero-order valence-electron chi connectivity index (χ0n) is 27.6. The van der Waals surface area contributed by atoms with E-state index in [1.54, 1.807) is 0 Å². The van der Waals surface area contributed by atoms with Crippen molar-refractivity contribution in [3.05, 3.63) is 0 Å². The molecule has 0 spiro atoms. The number of hydrogen-bond donors (Lipinski definition) is 2. The van der Waals surface area contributed by atoms with Crippen molar-refractivity contribution in [2.24, 2.45) is 10.8 Å². The maximum Gasteiger partial charge on any atom is 0.321 e. The lowest BCUT2D eigenvalue weighted by molar-refractivity contribution is -0.183. The number of carbonyl (C=O) groups is 2. The van der Waals surface area contributed by atoms with Gasteiger partial charge in [0.05, 0.1) is 0 Å². The predicted molar refractivity (Wildman–Crippen MR) is 175 cm³/mol. The van der Waals surface area contributed by atoms with Gasteiger partial charge in [0, 0.05) is 0 Å². The molecule has 0 amide bonds. The Balaban J connectivity index is 2.37. The van der Waals surface area contributed by atoms with E-state index in [0.717, 1.165) is 57.8 Å². The maximum absolute atomic E-state index is 12.6. The summed E-state index contributed by atoms with van der Waals surface area (Å²) in [4.78, 5) is 25.2. The average molecular weight is 579 g/mol. The lowest BCUT2D eigenvalue weighted by atomic mass is 9.52. The number of rotatable bonds is 29. The molecule has 1 unspecified atom stereocenters. The van der Waals surface area contributed by atoms with Gasteiger partial charge in [0.25, 0.3) is 0 Å². The van der Waals surface area contributed by atoms with E-state index >= 15 is 0 Å². The van der Waals surface area contributed by atoms with Gasteiger partial charge in [-0.2, -0.15) is 0 Å². The molecule has 1 fully saturated rings. The van der Waals surface area contributed by atoms with E-state index in [1.807, 2.05) is 0 Å². The minimum Gasteiger partial charge on any atom is -0.480 e. The van der Waals surface area contributed by atoms with Crippen LogP contribution in [-0.4, -0.2) is 22.2 Å². The molecule has 0 aliphatic heterocycles. The summed E-state index contributed by atoms with van der Waals surface area (Å²) in [5.74, 6) is -2.17. The second kappa shape index (κ2) is 24.4. The van der Waals surface area contributed by atoms with E-state index in [2.05, 4.69) is 13.8 Å². The third kappa shape index (κ3) is 14.8. The number of hydrogen-bond acceptors (Lipinski definition) is 2. The minimum absolute atomic E-state index is 0.300. The van der Waals surface area contributed by atoms with Crippen LogP contribution in [-0.2, 0) is 9.59 Å². The molecule has 0 bridgehead atoms. The van der Waals surface area contributed by atoms with Gasteiger partial charge in [-0.3, -0.25) is 9.59 Å². The fraction of sp³-hybridized carbons (Fsp3) is 0.946. The molecule has 0 saturated heterocycles. The summed E-state index contributed by atoms with van der Waals surface area (Å²) in [6.45, 7) is 4.52. The first-order valence-electron chi connectivity index (χ1n) is 18.4. The van der Waals surface area contributed by atoms with Gasteiger partial charge in [-0.05, 0) is 31.1 Å². The van der Waals surface area contributed by atoms with Crippen molar-refractivity contribution in [1.82, 2.24) is 0 Å². The molecule has 2 N–H and O–H groups in total. The van der Waals surface area contributed by atoms with Crippen molar-refractivity contribution in [3.8, 4) is 0 Å². The van der Waals surface area contributed by atoms with E-state index < -0.39 is 22.8 Å². The van der Waals surface area contributed by atoms with Crippen LogP contribution < -0.4 is 0 Å². The summed E-state index contributed by atoms with van der Waals surface area (Å²) in [6.07, 6.45) is 36.4. The Bertz CT molecular complexity index is 631. The Morgan fingerprint density at radius 3 is 1.00 bits per heavy atom. The van der Waals surface area contributed by atoms with Crippen molar-refractivity contribution in [2.45, 2.75) is 213 Å². The largest absolute Gasteiger partial charge is 0.480 e. The van der Waals surface area contributed by atoms with Gasteiger partial charge >= 0.3 is 11.9 Å². The summed E-state index contributed by atoms with van der Waals surface area (Å²) in [6, 6.07) is 0. The normalized spacial score (nSPS) is 18.5. The van der Waals surface area contributed by atoms with Crippen LogP contribution in [0.15, 0.2) is 0 Å². The van der Waals surface area contributed by atoms with E-state index in [4.69, 9.17) is 0 Å². The number of carboxylic acids is 2. The van der Waals surface area contributed by atoms with E-state index in [9.17, 15) is 19.8 Å². The second-order valence-electron chi connectivity index (χ2n) is 13.6. The Morgan fingerprint density at radius 1 is 0.439 bits per heavy atom. The minimum atomic E-state index is -1.60. The summed E-state index contributed by atoms with van der Waals surface area (Å²) in [5.41, 5.74) is -2.18. The molecule has 1 atom stereocenters. The molecule has 1 aliphatic rings. The molecule has 0 heterocycles. The van der Waals surface area contributed by atoms with Gasteiger partial charge in [0.2, 0.25) is 0 Å². The average Bonchev–Trinajstić information content (AvgIpc) is 2.96. The highest BCUT2D eigenvalue weighted by atomic mass is 16.4. The van der Waals surface area contributed by atoms with Gasteiger partial charge < -0.3 is 10.2 Å². The Morgan fingerprint density at radius 2 is 0.707 bits per heavy atom. The van der Waals surface area contributed by atoms with E-state index in [1.165, 1.54) is 135 Å². The number of aliphatic carboxylic acids is 2. The zero-order valence-corrected chi connectivity index (χ0v) is 27.6. The molecular weight excluding hydrogens is 508 g/mol.